The van der Waals surface area contributed by atoms with Crippen molar-refractivity contribution in [2.24, 2.45) is 9.98 Å². The zero-order valence-electron chi connectivity index (χ0n) is 32.8. The van der Waals surface area contributed by atoms with Crippen LogP contribution in [0.4, 0.5) is 4.79 Å². The van der Waals surface area contributed by atoms with Crippen molar-refractivity contribution in [3.8, 4) is 0 Å². The van der Waals surface area contributed by atoms with Gasteiger partial charge in [-0.2, -0.15) is 0 Å². The number of hydrogen-bond donors (Lipinski definition) is 0. The summed E-state index contributed by atoms with van der Waals surface area (Å²) in [5.74, 6) is 0. The maximum atomic E-state index is 8.33. The number of nitrogens with zero attached hydrogens (tertiary/aromatic N) is 4. The van der Waals surface area contributed by atoms with Gasteiger partial charge in [-0.05, 0) is 160 Å². The van der Waals surface area contributed by atoms with E-state index in [1.807, 2.05) is 0 Å². The number of carbonyl (C=O) groups is 1. The first kappa shape index (κ1) is 50.0. The summed E-state index contributed by atoms with van der Waals surface area (Å²) in [6.45, 7) is 7.23. The second-order valence-corrected chi connectivity index (χ2v) is 14.3. The Labute approximate surface area is 352 Å². The molecule has 0 aromatic carbocycles. The van der Waals surface area contributed by atoms with Crippen LogP contribution in [0.2, 0.25) is 0 Å². The first-order valence-electron chi connectivity index (χ1n) is 20.3. The summed E-state index contributed by atoms with van der Waals surface area (Å²) in [6.07, 6.45) is 46.7. The van der Waals surface area contributed by atoms with Crippen molar-refractivity contribution in [2.45, 2.75) is 179 Å². The summed E-state index contributed by atoms with van der Waals surface area (Å²) in [5.41, 5.74) is 0. The number of allylic oxidation sites excluding steroid dienone is 4. The predicted molar refractivity (Wildman–Crippen MR) is 201 cm³/mol. The summed E-state index contributed by atoms with van der Waals surface area (Å²) in [4.78, 5) is 23.1. The summed E-state index contributed by atoms with van der Waals surface area (Å²) in [7, 11) is 0. The quantitative estimate of drug-likeness (QED) is 0.324. The second kappa shape index (κ2) is 37.3. The predicted octanol–water partition coefficient (Wildman–Crippen LogP) is 2.33. The van der Waals surface area contributed by atoms with Crippen molar-refractivity contribution < 1.29 is 74.1 Å². The third-order valence-electron chi connectivity index (χ3n) is 10.3. The first-order valence-corrected chi connectivity index (χ1v) is 20.3. The number of rotatable bonds is 2. The van der Waals surface area contributed by atoms with Gasteiger partial charge < -0.3 is 24.8 Å². The van der Waals surface area contributed by atoms with Crippen LogP contribution in [0.15, 0.2) is 34.3 Å². The van der Waals surface area contributed by atoms with E-state index in [1.54, 1.807) is 0 Å². The molecule has 0 amide bonds. The second-order valence-electron chi connectivity index (χ2n) is 14.3. The molecule has 0 radical (unpaired) electrons. The van der Waals surface area contributed by atoms with Gasteiger partial charge in [0.1, 0.15) is 0 Å². The van der Waals surface area contributed by atoms with Crippen LogP contribution in [-0.2, 0) is 0 Å². The molecule has 2 heterocycles. The monoisotopic (exact) mass is 715 g/mol. The first-order chi connectivity index (χ1) is 23.7. The Hall–Kier alpha value is 0.0100. The maximum absolute atomic E-state index is 8.33. The van der Waals surface area contributed by atoms with Crippen molar-refractivity contribution in [3.63, 3.8) is 0 Å². The Morgan fingerprint density at radius 2 is 0.760 bits per heavy atom. The van der Waals surface area contributed by atoms with Gasteiger partial charge in [-0.3, -0.25) is 9.98 Å². The van der Waals surface area contributed by atoms with E-state index in [-0.39, 0.29) is 59.1 Å². The molecule has 4 aliphatic rings. The van der Waals surface area contributed by atoms with E-state index in [1.165, 1.54) is 193 Å². The van der Waals surface area contributed by atoms with Crippen LogP contribution in [0.25, 0.3) is 0 Å². The van der Waals surface area contributed by atoms with Gasteiger partial charge in [0.2, 0.25) is 0 Å². The molecule has 2 unspecified atom stereocenters. The molecule has 0 saturated carbocycles. The zero-order chi connectivity index (χ0) is 34.2. The van der Waals surface area contributed by atoms with Gasteiger partial charge in [-0.25, -0.2) is 0 Å². The number of hydrogen-bond acceptors (Lipinski definition) is 7. The molecular weight excluding hydrogens is 642 g/mol. The number of aliphatic imine (C=N–C) groups is 2. The van der Waals surface area contributed by atoms with Gasteiger partial charge in [0.05, 0.1) is 0 Å². The third-order valence-corrected chi connectivity index (χ3v) is 10.3. The van der Waals surface area contributed by atoms with E-state index in [9.17, 15) is 0 Å². The topological polar surface area (TPSA) is 94.4 Å². The Morgan fingerprint density at radius 1 is 0.440 bits per heavy atom. The van der Waals surface area contributed by atoms with Crippen LogP contribution in [0, 0.1) is 0 Å². The van der Waals surface area contributed by atoms with Gasteiger partial charge >= 0.3 is 59.1 Å². The minimum absolute atomic E-state index is 0. The van der Waals surface area contributed by atoms with Gasteiger partial charge in [0.15, 0.2) is 0 Å². The van der Waals surface area contributed by atoms with E-state index in [0.717, 1.165) is 25.2 Å². The van der Waals surface area contributed by atoms with Crippen molar-refractivity contribution in [2.75, 3.05) is 39.3 Å². The molecule has 0 saturated heterocycles. The van der Waals surface area contributed by atoms with Crippen molar-refractivity contribution in [1.29, 1.82) is 0 Å². The number of carbonyl (C=O) groups excluding carboxylic acids is 1. The molecule has 2 aliphatic carbocycles. The molecule has 0 aromatic heterocycles. The fourth-order valence-electron chi connectivity index (χ4n) is 7.57. The summed E-state index contributed by atoms with van der Waals surface area (Å²) in [6, 6.07) is 1.66. The Morgan fingerprint density at radius 3 is 1.18 bits per heavy atom. The van der Waals surface area contributed by atoms with Crippen LogP contribution in [0.5, 0.6) is 0 Å². The molecule has 0 fully saturated rings. The smallest absolute Gasteiger partial charge is 0.652 e. The van der Waals surface area contributed by atoms with Crippen LogP contribution < -0.4 is 69.3 Å². The molecule has 276 valence electrons. The summed E-state index contributed by atoms with van der Waals surface area (Å²) >= 11 is 0. The van der Waals surface area contributed by atoms with Crippen LogP contribution in [-0.4, -0.2) is 79.7 Å². The molecule has 0 N–H and O–H groups in total. The van der Waals surface area contributed by atoms with Gasteiger partial charge in [0.25, 0.3) is 0 Å². The van der Waals surface area contributed by atoms with Gasteiger partial charge in [0, 0.05) is 38.3 Å². The minimum atomic E-state index is -2.33. The van der Waals surface area contributed by atoms with Gasteiger partial charge in [-0.15, -0.1) is 0 Å². The van der Waals surface area contributed by atoms with E-state index < -0.39 is 6.16 Å². The van der Waals surface area contributed by atoms with E-state index in [2.05, 4.69) is 56.5 Å². The molecule has 0 aromatic rings. The molecule has 7 nitrogen and oxygen atoms in total. The SMILES string of the molecule is C1=C\CCCC(N2CCCCC/C=N/CCC2)CCCCC/1.C1=C\CCCC(N2CCCCC/C=N/CCC2)CCCCC/1.O=C([O-])[O-].[Na+].[Na+]. The average molecular weight is 715 g/mol. The molecular formula is C41H72N4Na2O3. The van der Waals surface area contributed by atoms with Gasteiger partial charge in [-0.1, -0.05) is 62.8 Å². The Bertz CT molecular complexity index is 754. The molecule has 2 atom stereocenters. The van der Waals surface area contributed by atoms with Crippen molar-refractivity contribution in [1.82, 2.24) is 9.80 Å². The normalized spacial score (nSPS) is 27.4. The van der Waals surface area contributed by atoms with E-state index in [4.69, 9.17) is 15.0 Å². The fourth-order valence-corrected chi connectivity index (χ4v) is 7.57. The minimum Gasteiger partial charge on any atom is -0.652 e. The van der Waals surface area contributed by atoms with Crippen LogP contribution in [0.1, 0.15) is 167 Å². The summed E-state index contributed by atoms with van der Waals surface area (Å²) < 4.78 is 0. The maximum Gasteiger partial charge on any atom is 1.00 e. The van der Waals surface area contributed by atoms with E-state index in [0.29, 0.717) is 0 Å². The molecule has 2 aliphatic heterocycles. The molecule has 4 rings (SSSR count). The molecule has 50 heavy (non-hydrogen) atoms. The Balaban J connectivity index is 0.000000837. The standard InChI is InChI=1S/2C20H36N2.CH2O3.2Na/c2*1-2-4-6-10-15-20(14-9-5-3-1)22-18-12-8-7-11-16-21-17-13-19-22;2-1(3)4;;/h2*1,3,16,20H,2,4-15,17-19H2;(H2,2,3,4);;/q;;;2*+1/p-2/b2*3-1-,21-16+;;;. The summed E-state index contributed by atoms with van der Waals surface area (Å²) in [5, 5.41) is 16.7. The average Bonchev–Trinajstić information content (AvgIpc) is 3.26. The Kier molecular flexibility index (Phi) is 37.3. The van der Waals surface area contributed by atoms with Crippen molar-refractivity contribution >= 4 is 18.6 Å². The molecule has 0 bridgehead atoms. The van der Waals surface area contributed by atoms with E-state index >= 15 is 0 Å². The van der Waals surface area contributed by atoms with Crippen LogP contribution in [0.3, 0.4) is 0 Å². The van der Waals surface area contributed by atoms with Crippen LogP contribution >= 0.6 is 0 Å². The number of carboxylic acid groups (broad SMARTS) is 2. The largest absolute Gasteiger partial charge is 1.00 e. The zero-order valence-corrected chi connectivity index (χ0v) is 36.8. The molecule has 0 spiro atoms. The third kappa shape index (κ3) is 29.5. The van der Waals surface area contributed by atoms with Crippen molar-refractivity contribution in [3.05, 3.63) is 24.3 Å². The fraction of sp³-hybridized carbons (Fsp3) is 0.829. The molecule has 9 heteroatoms.